The topological polar surface area (TPSA) is 45.3 Å². The van der Waals surface area contributed by atoms with Crippen LogP contribution in [0.3, 0.4) is 0 Å². The minimum atomic E-state index is 0.0322. The summed E-state index contributed by atoms with van der Waals surface area (Å²) in [5.41, 5.74) is 3.63. The zero-order valence-corrected chi connectivity index (χ0v) is 12.8. The fourth-order valence-corrected chi connectivity index (χ4v) is 3.13. The molecule has 4 heteroatoms. The SMILES string of the molecule is O=C(COc1ccccc1)N1CCc2[nH]c3ccccc3c2C1. The number of hydrogen-bond donors (Lipinski definition) is 1. The van der Waals surface area contributed by atoms with Gasteiger partial charge >= 0.3 is 0 Å². The highest BCUT2D eigenvalue weighted by Crippen LogP contribution is 2.27. The predicted octanol–water partition coefficient (Wildman–Crippen LogP) is 3.13. The lowest BCUT2D eigenvalue weighted by molar-refractivity contribution is -0.134. The Labute approximate surface area is 134 Å². The molecule has 0 fully saturated rings. The smallest absolute Gasteiger partial charge is 0.260 e. The molecule has 1 aliphatic rings. The maximum Gasteiger partial charge on any atom is 0.260 e. The molecule has 1 aliphatic heterocycles. The molecule has 116 valence electrons. The van der Waals surface area contributed by atoms with Crippen LogP contribution in [0.25, 0.3) is 10.9 Å². The molecule has 3 aromatic rings. The van der Waals surface area contributed by atoms with Gasteiger partial charge in [0.1, 0.15) is 5.75 Å². The Morgan fingerprint density at radius 1 is 1.09 bits per heavy atom. The van der Waals surface area contributed by atoms with Gasteiger partial charge in [0.25, 0.3) is 5.91 Å². The Bertz CT molecular complexity index is 839. The number of fused-ring (bicyclic) bond motifs is 3. The number of ether oxygens (including phenoxy) is 1. The van der Waals surface area contributed by atoms with Crippen LogP contribution in [0.5, 0.6) is 5.75 Å². The molecule has 0 bridgehead atoms. The van der Waals surface area contributed by atoms with Crippen molar-refractivity contribution >= 4 is 16.8 Å². The van der Waals surface area contributed by atoms with E-state index in [4.69, 9.17) is 4.74 Å². The summed E-state index contributed by atoms with van der Waals surface area (Å²) in [5, 5.41) is 1.21. The monoisotopic (exact) mass is 306 g/mol. The molecule has 0 spiro atoms. The van der Waals surface area contributed by atoms with Crippen LogP contribution in [-0.2, 0) is 17.8 Å². The molecule has 0 saturated heterocycles. The van der Waals surface area contributed by atoms with Gasteiger partial charge in [-0.25, -0.2) is 0 Å². The van der Waals surface area contributed by atoms with Gasteiger partial charge in [-0.05, 0) is 18.2 Å². The van der Waals surface area contributed by atoms with E-state index in [1.165, 1.54) is 16.6 Å². The highest BCUT2D eigenvalue weighted by atomic mass is 16.5. The molecule has 2 aromatic carbocycles. The number of nitrogens with one attached hydrogen (secondary N) is 1. The fraction of sp³-hybridized carbons (Fsp3) is 0.211. The molecular weight excluding hydrogens is 288 g/mol. The predicted molar refractivity (Wildman–Crippen MR) is 89.4 cm³/mol. The van der Waals surface area contributed by atoms with Gasteiger partial charge in [-0.3, -0.25) is 4.79 Å². The van der Waals surface area contributed by atoms with Crippen molar-refractivity contribution in [3.8, 4) is 5.75 Å². The van der Waals surface area contributed by atoms with Crippen molar-refractivity contribution in [3.05, 3.63) is 65.9 Å². The second-order valence-electron chi connectivity index (χ2n) is 5.79. The lowest BCUT2D eigenvalue weighted by atomic mass is 10.0. The summed E-state index contributed by atoms with van der Waals surface area (Å²) in [4.78, 5) is 17.8. The molecule has 0 unspecified atom stereocenters. The first-order valence-electron chi connectivity index (χ1n) is 7.85. The molecule has 4 nitrogen and oxygen atoms in total. The van der Waals surface area contributed by atoms with Crippen molar-refractivity contribution in [1.82, 2.24) is 9.88 Å². The van der Waals surface area contributed by atoms with Crippen LogP contribution in [-0.4, -0.2) is 28.9 Å². The normalized spacial score (nSPS) is 13.8. The number of amides is 1. The molecule has 0 saturated carbocycles. The zero-order valence-electron chi connectivity index (χ0n) is 12.8. The molecule has 1 aromatic heterocycles. The van der Waals surface area contributed by atoms with Gasteiger partial charge in [-0.2, -0.15) is 0 Å². The summed E-state index contributed by atoms with van der Waals surface area (Å²) in [6.45, 7) is 1.47. The quantitative estimate of drug-likeness (QED) is 0.808. The standard InChI is InChI=1S/C19H18N2O2/c22-19(13-23-14-6-2-1-3-7-14)21-11-10-18-16(12-21)15-8-4-5-9-17(15)20-18/h1-9,20H,10-13H2. The highest BCUT2D eigenvalue weighted by molar-refractivity contribution is 5.86. The molecule has 0 radical (unpaired) electrons. The largest absolute Gasteiger partial charge is 0.484 e. The molecule has 2 heterocycles. The molecule has 0 atom stereocenters. The number of hydrogen-bond acceptors (Lipinski definition) is 2. The van der Waals surface area contributed by atoms with Crippen LogP contribution in [0.4, 0.5) is 0 Å². The van der Waals surface area contributed by atoms with Crippen molar-refractivity contribution < 1.29 is 9.53 Å². The highest BCUT2D eigenvalue weighted by Gasteiger charge is 2.24. The fourth-order valence-electron chi connectivity index (χ4n) is 3.13. The van der Waals surface area contributed by atoms with Crippen LogP contribution in [0.15, 0.2) is 54.6 Å². The Morgan fingerprint density at radius 2 is 1.87 bits per heavy atom. The van der Waals surface area contributed by atoms with Crippen LogP contribution >= 0.6 is 0 Å². The Morgan fingerprint density at radius 3 is 2.74 bits per heavy atom. The second-order valence-corrected chi connectivity index (χ2v) is 5.79. The van der Waals surface area contributed by atoms with Crippen molar-refractivity contribution in [2.45, 2.75) is 13.0 Å². The summed E-state index contributed by atoms with van der Waals surface area (Å²) >= 11 is 0. The zero-order chi connectivity index (χ0) is 15.6. The van der Waals surface area contributed by atoms with Gasteiger partial charge in [-0.15, -0.1) is 0 Å². The summed E-state index contributed by atoms with van der Waals surface area (Å²) in [7, 11) is 0. The summed E-state index contributed by atoms with van der Waals surface area (Å²) < 4.78 is 5.58. The van der Waals surface area contributed by atoms with E-state index in [0.29, 0.717) is 6.54 Å². The Balaban J connectivity index is 1.48. The third-order valence-electron chi connectivity index (χ3n) is 4.34. The van der Waals surface area contributed by atoms with Crippen molar-refractivity contribution in [2.24, 2.45) is 0 Å². The van der Waals surface area contributed by atoms with E-state index in [9.17, 15) is 4.79 Å². The molecule has 4 rings (SSSR count). The molecule has 23 heavy (non-hydrogen) atoms. The minimum Gasteiger partial charge on any atom is -0.484 e. The summed E-state index contributed by atoms with van der Waals surface area (Å²) in [6, 6.07) is 17.7. The Hall–Kier alpha value is -2.75. The molecule has 0 aliphatic carbocycles. The van der Waals surface area contributed by atoms with E-state index < -0.39 is 0 Å². The van der Waals surface area contributed by atoms with E-state index in [1.807, 2.05) is 47.4 Å². The third kappa shape index (κ3) is 2.68. The average molecular weight is 306 g/mol. The maximum absolute atomic E-state index is 12.4. The first-order chi connectivity index (χ1) is 11.3. The molecular formula is C19H18N2O2. The number of aromatic nitrogens is 1. The van der Waals surface area contributed by atoms with Gasteiger partial charge in [-0.1, -0.05) is 36.4 Å². The average Bonchev–Trinajstić information content (AvgIpc) is 2.98. The molecule has 1 N–H and O–H groups in total. The van der Waals surface area contributed by atoms with Crippen LogP contribution in [0.1, 0.15) is 11.3 Å². The summed E-state index contributed by atoms with van der Waals surface area (Å²) in [6.07, 6.45) is 0.862. The first kappa shape index (κ1) is 13.9. The number of aromatic amines is 1. The van der Waals surface area contributed by atoms with E-state index in [2.05, 4.69) is 17.1 Å². The van der Waals surface area contributed by atoms with Crippen molar-refractivity contribution in [3.63, 3.8) is 0 Å². The van der Waals surface area contributed by atoms with Crippen molar-refractivity contribution in [2.75, 3.05) is 13.2 Å². The minimum absolute atomic E-state index is 0.0322. The van der Waals surface area contributed by atoms with Crippen LogP contribution < -0.4 is 4.74 Å². The van der Waals surface area contributed by atoms with E-state index >= 15 is 0 Å². The molecule has 1 amide bonds. The second kappa shape index (κ2) is 5.80. The lowest BCUT2D eigenvalue weighted by Crippen LogP contribution is -2.38. The van der Waals surface area contributed by atoms with E-state index in [0.717, 1.165) is 24.2 Å². The first-order valence-corrected chi connectivity index (χ1v) is 7.85. The third-order valence-corrected chi connectivity index (χ3v) is 4.34. The summed E-state index contributed by atoms with van der Waals surface area (Å²) in [5.74, 6) is 0.760. The lowest BCUT2D eigenvalue weighted by Gasteiger charge is -2.27. The van der Waals surface area contributed by atoms with Crippen molar-refractivity contribution in [1.29, 1.82) is 0 Å². The maximum atomic E-state index is 12.4. The number of H-pyrrole nitrogens is 1. The van der Waals surface area contributed by atoms with Crippen LogP contribution in [0, 0.1) is 0 Å². The van der Waals surface area contributed by atoms with Gasteiger partial charge in [0, 0.05) is 41.7 Å². The number of benzene rings is 2. The number of carbonyl (C=O) groups is 1. The van der Waals surface area contributed by atoms with Gasteiger partial charge < -0.3 is 14.6 Å². The van der Waals surface area contributed by atoms with Gasteiger partial charge in [0.15, 0.2) is 6.61 Å². The van der Waals surface area contributed by atoms with Gasteiger partial charge in [0.05, 0.1) is 0 Å². The number of para-hydroxylation sites is 2. The number of rotatable bonds is 3. The van der Waals surface area contributed by atoms with E-state index in [1.54, 1.807) is 0 Å². The number of carbonyl (C=O) groups excluding carboxylic acids is 1. The number of nitrogens with zero attached hydrogens (tertiary/aromatic N) is 1. The van der Waals surface area contributed by atoms with Gasteiger partial charge in [0.2, 0.25) is 0 Å². The van der Waals surface area contributed by atoms with E-state index in [-0.39, 0.29) is 12.5 Å². The Kier molecular flexibility index (Phi) is 3.50. The van der Waals surface area contributed by atoms with Crippen LogP contribution in [0.2, 0.25) is 0 Å².